The summed E-state index contributed by atoms with van der Waals surface area (Å²) in [7, 11) is 0. The first-order valence-electron chi connectivity index (χ1n) is 8.33. The molecule has 25 heavy (non-hydrogen) atoms. The van der Waals surface area contributed by atoms with Crippen LogP contribution in [0, 0.1) is 19.8 Å². The maximum atomic E-state index is 12.5. The lowest BCUT2D eigenvalue weighted by molar-refractivity contribution is -0.138. The normalized spacial score (nSPS) is 12.9. The van der Waals surface area contributed by atoms with E-state index in [9.17, 15) is 9.59 Å². The number of pyridine rings is 1. The number of rotatable bonds is 8. The van der Waals surface area contributed by atoms with Crippen molar-refractivity contribution in [1.82, 2.24) is 10.3 Å². The van der Waals surface area contributed by atoms with Gasteiger partial charge < -0.3 is 15.8 Å². The Morgan fingerprint density at radius 3 is 2.32 bits per heavy atom. The molecule has 0 aliphatic rings. The molecule has 1 aromatic heterocycles. The van der Waals surface area contributed by atoms with Crippen LogP contribution in [-0.2, 0) is 16.0 Å². The summed E-state index contributed by atoms with van der Waals surface area (Å²) in [5, 5.41) is 2.83. The van der Waals surface area contributed by atoms with E-state index in [0.717, 1.165) is 23.4 Å². The van der Waals surface area contributed by atoms with Gasteiger partial charge >= 0.3 is 6.09 Å². The number of nitrogens with one attached hydrogen (secondary N) is 1. The second kappa shape index (κ2) is 10.2. The predicted octanol–water partition coefficient (Wildman–Crippen LogP) is 3.07. The van der Waals surface area contributed by atoms with E-state index in [1.807, 2.05) is 26.0 Å². The minimum atomic E-state index is -1.28. The Kier molecular flexibility index (Phi) is 9.49. The van der Waals surface area contributed by atoms with Crippen molar-refractivity contribution >= 4 is 24.4 Å². The van der Waals surface area contributed by atoms with Crippen molar-refractivity contribution in [2.45, 2.75) is 59.5 Å². The molecule has 0 radical (unpaired) electrons. The van der Waals surface area contributed by atoms with Crippen LogP contribution in [0.15, 0.2) is 12.1 Å². The van der Waals surface area contributed by atoms with Crippen molar-refractivity contribution < 1.29 is 14.3 Å². The third kappa shape index (κ3) is 8.20. The molecule has 142 valence electrons. The van der Waals surface area contributed by atoms with Crippen LogP contribution in [0.25, 0.3) is 0 Å². The number of hydrogen-bond donors (Lipinski definition) is 2. The summed E-state index contributed by atoms with van der Waals surface area (Å²) in [5.41, 5.74) is 6.77. The number of aromatic nitrogens is 1. The minimum absolute atomic E-state index is 0. The summed E-state index contributed by atoms with van der Waals surface area (Å²) in [6.07, 6.45) is 0.859. The number of hydrogen-bond acceptors (Lipinski definition) is 4. The predicted molar refractivity (Wildman–Crippen MR) is 101 cm³/mol. The van der Waals surface area contributed by atoms with Gasteiger partial charge in [-0.3, -0.25) is 9.78 Å². The lowest BCUT2D eigenvalue weighted by Gasteiger charge is -2.27. The molecule has 1 rings (SSSR count). The Bertz CT molecular complexity index is 573. The molecule has 2 amide bonds. The number of ether oxygens (including phenoxy) is 1. The van der Waals surface area contributed by atoms with Crippen LogP contribution in [0.3, 0.4) is 0 Å². The molecule has 1 unspecified atom stereocenters. The highest BCUT2D eigenvalue weighted by Crippen LogP contribution is 2.20. The lowest BCUT2D eigenvalue weighted by Crippen LogP contribution is -2.49. The molecule has 1 atom stereocenters. The smallest absolute Gasteiger partial charge is 0.405 e. The SMILES string of the molecule is Cc1cc(CCC(C)(OC(N)=O)C(=O)NCCC(C)C)cc(C)n1.Cl. The van der Waals surface area contributed by atoms with Crippen LogP contribution in [0.4, 0.5) is 4.79 Å². The van der Waals surface area contributed by atoms with Crippen LogP contribution in [0.5, 0.6) is 0 Å². The van der Waals surface area contributed by atoms with E-state index in [4.69, 9.17) is 10.5 Å². The largest absolute Gasteiger partial charge is 0.433 e. The zero-order chi connectivity index (χ0) is 18.3. The first-order valence-corrected chi connectivity index (χ1v) is 8.33. The number of primary amides is 1. The maximum absolute atomic E-state index is 12.5. The molecule has 0 bridgehead atoms. The number of nitrogens with two attached hydrogens (primary N) is 1. The number of aryl methyl sites for hydroxylation is 3. The van der Waals surface area contributed by atoms with Gasteiger partial charge in [0, 0.05) is 24.4 Å². The average Bonchev–Trinajstić information content (AvgIpc) is 2.43. The molecule has 0 saturated heterocycles. The Labute approximate surface area is 156 Å². The van der Waals surface area contributed by atoms with Crippen LogP contribution < -0.4 is 11.1 Å². The highest BCUT2D eigenvalue weighted by atomic mass is 35.5. The zero-order valence-electron chi connectivity index (χ0n) is 15.7. The molecule has 1 aromatic rings. The molecule has 0 spiro atoms. The number of carbonyl (C=O) groups is 2. The van der Waals surface area contributed by atoms with Gasteiger partial charge in [0.05, 0.1) is 0 Å². The van der Waals surface area contributed by atoms with Crippen LogP contribution >= 0.6 is 12.4 Å². The molecule has 0 aromatic carbocycles. The fourth-order valence-corrected chi connectivity index (χ4v) is 2.54. The topological polar surface area (TPSA) is 94.3 Å². The summed E-state index contributed by atoms with van der Waals surface area (Å²) < 4.78 is 5.15. The number of amides is 2. The Morgan fingerprint density at radius 2 is 1.84 bits per heavy atom. The summed E-state index contributed by atoms with van der Waals surface area (Å²) in [6.45, 7) is 10.2. The van der Waals surface area contributed by atoms with Crippen molar-refractivity contribution in [2.24, 2.45) is 11.7 Å². The van der Waals surface area contributed by atoms with Crippen molar-refractivity contribution in [3.8, 4) is 0 Å². The molecular formula is C18H30ClN3O3. The summed E-state index contributed by atoms with van der Waals surface area (Å²) >= 11 is 0. The molecule has 3 N–H and O–H groups in total. The monoisotopic (exact) mass is 371 g/mol. The third-order valence-electron chi connectivity index (χ3n) is 3.85. The molecule has 0 saturated carbocycles. The van der Waals surface area contributed by atoms with Crippen LogP contribution in [0.2, 0.25) is 0 Å². The van der Waals surface area contributed by atoms with Crippen molar-refractivity contribution in [1.29, 1.82) is 0 Å². The number of nitrogens with zero attached hydrogens (tertiary/aromatic N) is 1. The van der Waals surface area contributed by atoms with E-state index in [2.05, 4.69) is 24.1 Å². The van der Waals surface area contributed by atoms with Gasteiger partial charge in [0.25, 0.3) is 5.91 Å². The second-order valence-corrected chi connectivity index (χ2v) is 6.85. The molecule has 1 heterocycles. The van der Waals surface area contributed by atoms with Crippen molar-refractivity contribution in [2.75, 3.05) is 6.54 Å². The van der Waals surface area contributed by atoms with Crippen molar-refractivity contribution in [3.05, 3.63) is 29.1 Å². The molecule has 0 aliphatic heterocycles. The first kappa shape index (κ1) is 23.2. The summed E-state index contributed by atoms with van der Waals surface area (Å²) in [4.78, 5) is 28.0. The standard InChI is InChI=1S/C18H29N3O3.ClH/c1-12(2)7-9-20-16(22)18(5,24-17(19)23)8-6-15-10-13(3)21-14(4)11-15;/h10-12H,6-9H2,1-5H3,(H2,19,23)(H,20,22);1H. The third-order valence-corrected chi connectivity index (χ3v) is 3.85. The minimum Gasteiger partial charge on any atom is -0.433 e. The van der Waals surface area contributed by atoms with Gasteiger partial charge in [0.2, 0.25) is 0 Å². The van der Waals surface area contributed by atoms with E-state index in [1.54, 1.807) is 6.92 Å². The fourth-order valence-electron chi connectivity index (χ4n) is 2.54. The lowest BCUT2D eigenvalue weighted by atomic mass is 9.95. The van der Waals surface area contributed by atoms with Gasteiger partial charge in [0.1, 0.15) is 0 Å². The molecule has 0 aliphatic carbocycles. The Morgan fingerprint density at radius 1 is 1.28 bits per heavy atom. The first-order chi connectivity index (χ1) is 11.1. The summed E-state index contributed by atoms with van der Waals surface area (Å²) in [6, 6.07) is 3.93. The van der Waals surface area contributed by atoms with Crippen molar-refractivity contribution in [3.63, 3.8) is 0 Å². The van der Waals surface area contributed by atoms with E-state index >= 15 is 0 Å². The van der Waals surface area contributed by atoms with Gasteiger partial charge in [-0.05, 0) is 57.2 Å². The maximum Gasteiger partial charge on any atom is 0.405 e. The van der Waals surface area contributed by atoms with Crippen LogP contribution in [-0.4, -0.2) is 29.1 Å². The highest BCUT2D eigenvalue weighted by Gasteiger charge is 2.36. The van der Waals surface area contributed by atoms with E-state index < -0.39 is 11.7 Å². The van der Waals surface area contributed by atoms with E-state index in [1.165, 1.54) is 0 Å². The molecule has 6 nitrogen and oxygen atoms in total. The fraction of sp³-hybridized carbons (Fsp3) is 0.611. The summed E-state index contributed by atoms with van der Waals surface area (Å²) in [5.74, 6) is 0.167. The number of carbonyl (C=O) groups excluding carboxylic acids is 2. The Balaban J connectivity index is 0.00000576. The van der Waals surface area contributed by atoms with Gasteiger partial charge in [0.15, 0.2) is 5.60 Å². The second-order valence-electron chi connectivity index (χ2n) is 6.85. The molecule has 0 fully saturated rings. The van der Waals surface area contributed by atoms with Gasteiger partial charge in [-0.2, -0.15) is 0 Å². The van der Waals surface area contributed by atoms with E-state index in [0.29, 0.717) is 25.3 Å². The van der Waals surface area contributed by atoms with Gasteiger partial charge in [-0.15, -0.1) is 12.4 Å². The average molecular weight is 372 g/mol. The van der Waals surface area contributed by atoms with Crippen LogP contribution in [0.1, 0.15) is 50.6 Å². The van der Waals surface area contributed by atoms with Gasteiger partial charge in [-0.1, -0.05) is 13.8 Å². The zero-order valence-corrected chi connectivity index (χ0v) is 16.5. The number of halogens is 1. The van der Waals surface area contributed by atoms with Gasteiger partial charge in [-0.25, -0.2) is 4.79 Å². The molecule has 7 heteroatoms. The highest BCUT2D eigenvalue weighted by molar-refractivity contribution is 5.87. The Hall–Kier alpha value is -1.82. The van der Waals surface area contributed by atoms with E-state index in [-0.39, 0.29) is 18.3 Å². The molecular weight excluding hydrogens is 342 g/mol. The quantitative estimate of drug-likeness (QED) is 0.734.